The van der Waals surface area contributed by atoms with Gasteiger partial charge in [-0.15, -0.1) is 0 Å². The van der Waals surface area contributed by atoms with Gasteiger partial charge >= 0.3 is 0 Å². The molecule has 0 radical (unpaired) electrons. The van der Waals surface area contributed by atoms with E-state index in [-0.39, 0.29) is 18.1 Å². The van der Waals surface area contributed by atoms with Crippen LogP contribution in [-0.2, 0) is 17.9 Å². The molecule has 0 saturated heterocycles. The molecule has 1 aliphatic carbocycles. The number of halogens is 2. The van der Waals surface area contributed by atoms with Crippen LogP contribution in [0.2, 0.25) is 0 Å². The average molecular weight is 243 g/mol. The number of hydrogen-bond acceptors (Lipinski definition) is 4. The quantitative estimate of drug-likeness (QED) is 0.827. The number of nitrogens with one attached hydrogen (secondary N) is 1. The van der Waals surface area contributed by atoms with Crippen molar-refractivity contribution in [1.29, 1.82) is 0 Å². The largest absolute Gasteiger partial charge is 0.377 e. The zero-order valence-electron chi connectivity index (χ0n) is 9.62. The van der Waals surface area contributed by atoms with Crippen molar-refractivity contribution in [1.82, 2.24) is 15.3 Å². The summed E-state index contributed by atoms with van der Waals surface area (Å²) in [7, 11) is 1.48. The Kier molecular flexibility index (Phi) is 3.96. The molecule has 0 atom stereocenters. The zero-order chi connectivity index (χ0) is 12.3. The highest BCUT2D eigenvalue weighted by atomic mass is 19.3. The van der Waals surface area contributed by atoms with Gasteiger partial charge in [0, 0.05) is 31.5 Å². The summed E-state index contributed by atoms with van der Waals surface area (Å²) in [6, 6.07) is 0.471. The molecule has 0 spiro atoms. The Morgan fingerprint density at radius 3 is 2.88 bits per heavy atom. The van der Waals surface area contributed by atoms with Gasteiger partial charge in [-0.25, -0.2) is 18.7 Å². The smallest absolute Gasteiger partial charge is 0.280 e. The Balaban J connectivity index is 2.11. The van der Waals surface area contributed by atoms with E-state index in [0.29, 0.717) is 18.2 Å². The van der Waals surface area contributed by atoms with Gasteiger partial charge in [-0.1, -0.05) is 0 Å². The minimum atomic E-state index is -2.58. The molecule has 6 heteroatoms. The standard InChI is InChI=1S/C11H15F2N3O/c1-17-6-9-15-5-7(4-14-8-2-3-8)10(16-9)11(12)13/h5,8,11,14H,2-4,6H2,1H3. The summed E-state index contributed by atoms with van der Waals surface area (Å²) < 4.78 is 30.5. The monoisotopic (exact) mass is 243 g/mol. The zero-order valence-corrected chi connectivity index (χ0v) is 9.62. The minimum Gasteiger partial charge on any atom is -0.377 e. The maximum absolute atomic E-state index is 12.8. The summed E-state index contributed by atoms with van der Waals surface area (Å²) in [5.41, 5.74) is 0.270. The Hall–Kier alpha value is -1.14. The number of ether oxygens (including phenoxy) is 1. The predicted octanol–water partition coefficient (Wildman–Crippen LogP) is 1.81. The third kappa shape index (κ3) is 3.41. The van der Waals surface area contributed by atoms with Crippen molar-refractivity contribution in [2.45, 2.75) is 38.5 Å². The summed E-state index contributed by atoms with van der Waals surface area (Å²) >= 11 is 0. The van der Waals surface area contributed by atoms with Crippen LogP contribution in [-0.4, -0.2) is 23.1 Å². The average Bonchev–Trinajstić information content (AvgIpc) is 3.11. The molecule has 1 aromatic heterocycles. The molecule has 1 N–H and O–H groups in total. The van der Waals surface area contributed by atoms with Crippen LogP contribution in [0.25, 0.3) is 0 Å². The first-order chi connectivity index (χ1) is 8.20. The normalized spacial score (nSPS) is 15.5. The van der Waals surface area contributed by atoms with Crippen LogP contribution in [0.5, 0.6) is 0 Å². The van der Waals surface area contributed by atoms with E-state index < -0.39 is 6.43 Å². The molecule has 2 rings (SSSR count). The summed E-state index contributed by atoms with van der Waals surface area (Å²) in [6.07, 6.45) is 1.11. The lowest BCUT2D eigenvalue weighted by molar-refractivity contribution is 0.141. The number of methoxy groups -OCH3 is 1. The molecule has 1 aromatic rings. The van der Waals surface area contributed by atoms with Gasteiger partial charge in [0.2, 0.25) is 0 Å². The first kappa shape index (κ1) is 12.3. The van der Waals surface area contributed by atoms with Crippen LogP contribution in [0.15, 0.2) is 6.20 Å². The molecule has 4 nitrogen and oxygen atoms in total. The molecule has 1 fully saturated rings. The second-order valence-electron chi connectivity index (χ2n) is 4.09. The molecule has 1 aliphatic rings. The lowest BCUT2D eigenvalue weighted by Crippen LogP contribution is -2.18. The van der Waals surface area contributed by atoms with Crippen molar-refractivity contribution in [3.8, 4) is 0 Å². The van der Waals surface area contributed by atoms with Gasteiger partial charge in [0.05, 0.1) is 0 Å². The number of nitrogens with zero attached hydrogens (tertiary/aromatic N) is 2. The molecule has 1 saturated carbocycles. The van der Waals surface area contributed by atoms with E-state index >= 15 is 0 Å². The SMILES string of the molecule is COCc1ncc(CNC2CC2)c(C(F)F)n1. The number of rotatable bonds is 6. The fraction of sp³-hybridized carbons (Fsp3) is 0.636. The van der Waals surface area contributed by atoms with E-state index in [0.717, 1.165) is 12.8 Å². The van der Waals surface area contributed by atoms with E-state index in [9.17, 15) is 8.78 Å². The lowest BCUT2D eigenvalue weighted by Gasteiger charge is -2.09. The Morgan fingerprint density at radius 2 is 2.29 bits per heavy atom. The fourth-order valence-electron chi connectivity index (χ4n) is 1.52. The van der Waals surface area contributed by atoms with Gasteiger partial charge in [-0.3, -0.25) is 0 Å². The number of aromatic nitrogens is 2. The third-order valence-corrected chi connectivity index (χ3v) is 2.59. The first-order valence-electron chi connectivity index (χ1n) is 5.56. The van der Waals surface area contributed by atoms with Crippen molar-refractivity contribution < 1.29 is 13.5 Å². The van der Waals surface area contributed by atoms with Crippen LogP contribution < -0.4 is 5.32 Å². The first-order valence-corrected chi connectivity index (χ1v) is 5.56. The predicted molar refractivity (Wildman–Crippen MR) is 57.6 cm³/mol. The number of alkyl halides is 2. The third-order valence-electron chi connectivity index (χ3n) is 2.59. The second kappa shape index (κ2) is 5.46. The second-order valence-corrected chi connectivity index (χ2v) is 4.09. The summed E-state index contributed by atoms with van der Waals surface area (Å²) in [4.78, 5) is 7.83. The van der Waals surface area contributed by atoms with Gasteiger partial charge < -0.3 is 10.1 Å². The molecular formula is C11H15F2N3O. The summed E-state index contributed by atoms with van der Waals surface area (Å²) in [5, 5.41) is 3.18. The van der Waals surface area contributed by atoms with E-state index in [1.165, 1.54) is 13.3 Å². The van der Waals surface area contributed by atoms with Crippen molar-refractivity contribution in [2.75, 3.05) is 7.11 Å². The van der Waals surface area contributed by atoms with Crippen molar-refractivity contribution in [3.63, 3.8) is 0 Å². The molecule has 17 heavy (non-hydrogen) atoms. The lowest BCUT2D eigenvalue weighted by atomic mass is 10.2. The molecule has 94 valence electrons. The van der Waals surface area contributed by atoms with Crippen LogP contribution in [0.3, 0.4) is 0 Å². The molecule has 0 unspecified atom stereocenters. The Bertz CT molecular complexity index is 383. The molecule has 0 bridgehead atoms. The molecular weight excluding hydrogens is 228 g/mol. The highest BCUT2D eigenvalue weighted by Gasteiger charge is 2.22. The minimum absolute atomic E-state index is 0.149. The fourth-order valence-corrected chi connectivity index (χ4v) is 1.52. The van der Waals surface area contributed by atoms with Crippen LogP contribution in [0, 0.1) is 0 Å². The van der Waals surface area contributed by atoms with Gasteiger partial charge in [0.15, 0.2) is 5.82 Å². The van der Waals surface area contributed by atoms with E-state index in [1.807, 2.05) is 0 Å². The number of hydrogen-bond donors (Lipinski definition) is 1. The van der Waals surface area contributed by atoms with Crippen LogP contribution in [0.4, 0.5) is 8.78 Å². The maximum atomic E-state index is 12.8. The van der Waals surface area contributed by atoms with Crippen LogP contribution in [0.1, 0.15) is 36.3 Å². The maximum Gasteiger partial charge on any atom is 0.280 e. The summed E-state index contributed by atoms with van der Waals surface area (Å²) in [6.45, 7) is 0.549. The van der Waals surface area contributed by atoms with Crippen molar-refractivity contribution in [2.24, 2.45) is 0 Å². The van der Waals surface area contributed by atoms with Gasteiger partial charge in [-0.2, -0.15) is 0 Å². The van der Waals surface area contributed by atoms with Gasteiger partial charge in [0.25, 0.3) is 6.43 Å². The van der Waals surface area contributed by atoms with E-state index in [1.54, 1.807) is 0 Å². The Labute approximate surface area is 98.4 Å². The van der Waals surface area contributed by atoms with Gasteiger partial charge in [0.1, 0.15) is 12.3 Å². The highest BCUT2D eigenvalue weighted by Crippen LogP contribution is 2.23. The van der Waals surface area contributed by atoms with Gasteiger partial charge in [-0.05, 0) is 12.8 Å². The van der Waals surface area contributed by atoms with Crippen molar-refractivity contribution >= 4 is 0 Å². The van der Waals surface area contributed by atoms with E-state index in [4.69, 9.17) is 4.74 Å². The molecule has 0 aliphatic heterocycles. The highest BCUT2D eigenvalue weighted by molar-refractivity contribution is 5.19. The van der Waals surface area contributed by atoms with Crippen LogP contribution >= 0.6 is 0 Å². The van der Waals surface area contributed by atoms with E-state index in [2.05, 4.69) is 15.3 Å². The molecule has 0 aromatic carbocycles. The molecule has 1 heterocycles. The molecule has 0 amide bonds. The Morgan fingerprint density at radius 1 is 1.53 bits per heavy atom. The van der Waals surface area contributed by atoms with Crippen molar-refractivity contribution in [3.05, 3.63) is 23.3 Å². The summed E-state index contributed by atoms with van der Waals surface area (Å²) in [5.74, 6) is 0.290. The topological polar surface area (TPSA) is 47.0 Å².